The van der Waals surface area contributed by atoms with Crippen LogP contribution in [0.4, 0.5) is 5.69 Å². The third-order valence-corrected chi connectivity index (χ3v) is 6.93. The Kier molecular flexibility index (Phi) is 3.33. The number of carbonyl (C=O) groups is 1. The number of alkyl halides is 1. The highest BCUT2D eigenvalue weighted by Gasteiger charge is 2.39. The van der Waals surface area contributed by atoms with Crippen molar-refractivity contribution in [2.45, 2.75) is 31.1 Å². The van der Waals surface area contributed by atoms with Crippen LogP contribution in [0.15, 0.2) is 18.2 Å². The van der Waals surface area contributed by atoms with E-state index in [1.807, 2.05) is 32.0 Å². The molecule has 0 saturated carbocycles. The molecule has 1 aromatic carbocycles. The van der Waals surface area contributed by atoms with Crippen LogP contribution >= 0.6 is 11.6 Å². The van der Waals surface area contributed by atoms with E-state index in [-0.39, 0.29) is 28.7 Å². The molecule has 1 fully saturated rings. The van der Waals surface area contributed by atoms with E-state index >= 15 is 0 Å². The Morgan fingerprint density at radius 2 is 2.10 bits per heavy atom. The Hall–Kier alpha value is -1.07. The van der Waals surface area contributed by atoms with Crippen molar-refractivity contribution < 1.29 is 13.2 Å². The minimum absolute atomic E-state index is 0.0239. The predicted octanol–water partition coefficient (Wildman–Crippen LogP) is 2.63. The maximum atomic E-state index is 12.0. The maximum absolute atomic E-state index is 12.0. The average molecular weight is 328 g/mol. The lowest BCUT2D eigenvalue weighted by molar-refractivity contribution is -0.119. The summed E-state index contributed by atoms with van der Waals surface area (Å²) in [5, 5.41) is 2.52. The number of hydrogen-bond donors (Lipinski definition) is 1. The van der Waals surface area contributed by atoms with Crippen molar-refractivity contribution in [3.05, 3.63) is 29.3 Å². The third kappa shape index (κ3) is 2.46. The number of rotatable bonds is 2. The first kappa shape index (κ1) is 14.9. The van der Waals surface area contributed by atoms with Gasteiger partial charge in [-0.15, -0.1) is 11.6 Å². The van der Waals surface area contributed by atoms with E-state index in [2.05, 4.69) is 5.32 Å². The SMILES string of the molecule is CC1(C)C(=O)Nc2ccc(C(Cl)C3CCS(=O)(=O)C3)cc21. The number of amides is 1. The summed E-state index contributed by atoms with van der Waals surface area (Å²) in [4.78, 5) is 12.0. The molecule has 1 amide bonds. The second-order valence-corrected chi connectivity index (χ2v) is 9.15. The molecule has 21 heavy (non-hydrogen) atoms. The summed E-state index contributed by atoms with van der Waals surface area (Å²) < 4.78 is 23.2. The van der Waals surface area contributed by atoms with Gasteiger partial charge >= 0.3 is 0 Å². The number of benzene rings is 1. The van der Waals surface area contributed by atoms with Crippen LogP contribution in [0.25, 0.3) is 0 Å². The summed E-state index contributed by atoms with van der Waals surface area (Å²) in [5.41, 5.74) is 2.05. The largest absolute Gasteiger partial charge is 0.325 e. The summed E-state index contributed by atoms with van der Waals surface area (Å²) in [5.74, 6) is 0.294. The van der Waals surface area contributed by atoms with Gasteiger partial charge in [0.25, 0.3) is 0 Å². The Balaban J connectivity index is 1.92. The molecule has 2 aliphatic rings. The molecular formula is C15H18ClNO3S. The fraction of sp³-hybridized carbons (Fsp3) is 0.533. The van der Waals surface area contributed by atoms with Crippen molar-refractivity contribution in [2.24, 2.45) is 5.92 Å². The molecule has 3 rings (SSSR count). The van der Waals surface area contributed by atoms with E-state index in [4.69, 9.17) is 11.6 Å². The molecule has 0 aliphatic carbocycles. The molecule has 0 bridgehead atoms. The zero-order valence-corrected chi connectivity index (χ0v) is 13.6. The first-order valence-corrected chi connectivity index (χ1v) is 9.27. The number of hydrogen-bond acceptors (Lipinski definition) is 3. The van der Waals surface area contributed by atoms with Gasteiger partial charge in [0.15, 0.2) is 9.84 Å². The molecule has 2 atom stereocenters. The second-order valence-electron chi connectivity index (χ2n) is 6.45. The molecule has 2 heterocycles. The molecule has 0 radical (unpaired) electrons. The zero-order valence-electron chi connectivity index (χ0n) is 12.0. The zero-order chi connectivity index (χ0) is 15.4. The highest BCUT2D eigenvalue weighted by molar-refractivity contribution is 7.91. The number of sulfone groups is 1. The molecule has 0 spiro atoms. The Bertz CT molecular complexity index is 712. The number of carbonyl (C=O) groups excluding carboxylic acids is 1. The lowest BCUT2D eigenvalue weighted by Crippen LogP contribution is -2.27. The molecule has 2 unspecified atom stereocenters. The topological polar surface area (TPSA) is 63.2 Å². The van der Waals surface area contributed by atoms with Gasteiger partial charge in [0.2, 0.25) is 5.91 Å². The first-order valence-electron chi connectivity index (χ1n) is 7.01. The van der Waals surface area contributed by atoms with Crippen molar-refractivity contribution in [1.82, 2.24) is 0 Å². The summed E-state index contributed by atoms with van der Waals surface area (Å²) >= 11 is 6.50. The lowest BCUT2D eigenvalue weighted by Gasteiger charge is -2.20. The van der Waals surface area contributed by atoms with Crippen molar-refractivity contribution >= 4 is 33.0 Å². The van der Waals surface area contributed by atoms with Crippen LogP contribution in [-0.4, -0.2) is 25.8 Å². The number of anilines is 1. The maximum Gasteiger partial charge on any atom is 0.234 e. The molecule has 1 aromatic rings. The van der Waals surface area contributed by atoms with Crippen LogP contribution in [0.5, 0.6) is 0 Å². The van der Waals surface area contributed by atoms with Gasteiger partial charge in [-0.2, -0.15) is 0 Å². The van der Waals surface area contributed by atoms with Crippen LogP contribution in [-0.2, 0) is 20.0 Å². The van der Waals surface area contributed by atoms with Gasteiger partial charge in [0, 0.05) is 5.69 Å². The van der Waals surface area contributed by atoms with Gasteiger partial charge in [-0.1, -0.05) is 12.1 Å². The van der Waals surface area contributed by atoms with Gasteiger partial charge < -0.3 is 5.32 Å². The monoisotopic (exact) mass is 327 g/mol. The standard InChI is InChI=1S/C15H18ClNO3S/c1-15(2)11-7-9(3-4-12(11)17-14(15)18)13(16)10-5-6-21(19,20)8-10/h3-4,7,10,13H,5-6,8H2,1-2H3,(H,17,18). The highest BCUT2D eigenvalue weighted by Crippen LogP contribution is 2.42. The van der Waals surface area contributed by atoms with E-state index < -0.39 is 15.3 Å². The van der Waals surface area contributed by atoms with Crippen LogP contribution < -0.4 is 5.32 Å². The van der Waals surface area contributed by atoms with E-state index in [1.165, 1.54) is 0 Å². The molecule has 114 valence electrons. The molecule has 1 saturated heterocycles. The molecule has 0 aromatic heterocycles. The van der Waals surface area contributed by atoms with Crippen molar-refractivity contribution in [3.8, 4) is 0 Å². The summed E-state index contributed by atoms with van der Waals surface area (Å²) in [7, 11) is -2.94. The van der Waals surface area contributed by atoms with Gasteiger partial charge in [-0.3, -0.25) is 4.79 Å². The first-order chi connectivity index (χ1) is 9.71. The Morgan fingerprint density at radius 1 is 1.38 bits per heavy atom. The smallest absolute Gasteiger partial charge is 0.234 e. The van der Waals surface area contributed by atoms with Crippen LogP contribution in [0.2, 0.25) is 0 Å². The lowest BCUT2D eigenvalue weighted by atomic mass is 9.84. The van der Waals surface area contributed by atoms with E-state index in [9.17, 15) is 13.2 Å². The van der Waals surface area contributed by atoms with E-state index in [0.29, 0.717) is 6.42 Å². The number of nitrogens with one attached hydrogen (secondary N) is 1. The normalized spacial score (nSPS) is 27.2. The van der Waals surface area contributed by atoms with Crippen molar-refractivity contribution in [1.29, 1.82) is 0 Å². The van der Waals surface area contributed by atoms with Crippen LogP contribution in [0.1, 0.15) is 36.8 Å². The van der Waals surface area contributed by atoms with Crippen molar-refractivity contribution in [3.63, 3.8) is 0 Å². The van der Waals surface area contributed by atoms with Crippen LogP contribution in [0.3, 0.4) is 0 Å². The van der Waals surface area contributed by atoms with Gasteiger partial charge in [-0.05, 0) is 43.4 Å². The summed E-state index contributed by atoms with van der Waals surface area (Å²) in [6.45, 7) is 3.75. The molecule has 2 aliphatic heterocycles. The van der Waals surface area contributed by atoms with Crippen molar-refractivity contribution in [2.75, 3.05) is 16.8 Å². The van der Waals surface area contributed by atoms with Gasteiger partial charge in [0.1, 0.15) is 0 Å². The minimum atomic E-state index is -2.94. The minimum Gasteiger partial charge on any atom is -0.325 e. The quantitative estimate of drug-likeness (QED) is 0.849. The van der Waals surface area contributed by atoms with E-state index in [0.717, 1.165) is 16.8 Å². The third-order valence-electron chi connectivity index (χ3n) is 4.53. The molecule has 6 heteroatoms. The fourth-order valence-electron chi connectivity index (χ4n) is 3.09. The van der Waals surface area contributed by atoms with E-state index in [1.54, 1.807) is 0 Å². The summed E-state index contributed by atoms with van der Waals surface area (Å²) in [6.07, 6.45) is 0.605. The fourth-order valence-corrected chi connectivity index (χ4v) is 5.38. The van der Waals surface area contributed by atoms with Crippen LogP contribution in [0, 0.1) is 5.92 Å². The van der Waals surface area contributed by atoms with Gasteiger partial charge in [0.05, 0.1) is 22.3 Å². The van der Waals surface area contributed by atoms with Gasteiger partial charge in [-0.25, -0.2) is 8.42 Å². The average Bonchev–Trinajstić information content (AvgIpc) is 2.87. The second kappa shape index (κ2) is 4.71. The Labute approximate surface area is 129 Å². The molecular weight excluding hydrogens is 310 g/mol. The Morgan fingerprint density at radius 3 is 2.71 bits per heavy atom. The molecule has 1 N–H and O–H groups in total. The highest BCUT2D eigenvalue weighted by atomic mass is 35.5. The molecule has 4 nitrogen and oxygen atoms in total. The summed E-state index contributed by atoms with van der Waals surface area (Å²) in [6, 6.07) is 5.68. The number of halogens is 1. The predicted molar refractivity (Wildman–Crippen MR) is 83.5 cm³/mol. The number of fused-ring (bicyclic) bond motifs is 1.